The molecule has 1 amide bonds. The fourth-order valence-corrected chi connectivity index (χ4v) is 4.98. The zero-order valence-corrected chi connectivity index (χ0v) is 22.4. The van der Waals surface area contributed by atoms with Crippen LogP contribution in [0.3, 0.4) is 0 Å². The Kier molecular flexibility index (Phi) is 6.26. The third-order valence-electron chi connectivity index (χ3n) is 6.28. The van der Waals surface area contributed by atoms with E-state index in [-0.39, 0.29) is 39.7 Å². The van der Waals surface area contributed by atoms with E-state index in [2.05, 4.69) is 5.32 Å². The van der Waals surface area contributed by atoms with Crippen molar-refractivity contribution in [1.29, 1.82) is 0 Å². The number of fused-ring (bicyclic) bond motifs is 1. The molecule has 0 aliphatic heterocycles. The summed E-state index contributed by atoms with van der Waals surface area (Å²) in [6, 6.07) is 10.9. The Balaban J connectivity index is 1.91. The van der Waals surface area contributed by atoms with E-state index in [4.69, 9.17) is 0 Å². The maximum atomic E-state index is 15.2. The molecule has 5 rings (SSSR count). The second-order valence-corrected chi connectivity index (χ2v) is 10.3. The lowest BCUT2D eigenvalue weighted by Gasteiger charge is -2.28. The van der Waals surface area contributed by atoms with Gasteiger partial charge in [-0.2, -0.15) is 4.68 Å². The molecule has 2 heterocycles. The van der Waals surface area contributed by atoms with Crippen LogP contribution in [-0.2, 0) is 11.8 Å². The summed E-state index contributed by atoms with van der Waals surface area (Å²) in [7, 11) is 1.53. The average molecular weight is 615 g/mol. The van der Waals surface area contributed by atoms with Gasteiger partial charge in [0.25, 0.3) is 11.1 Å². The molecule has 1 aliphatic rings. The lowest BCUT2D eigenvalue weighted by Crippen LogP contribution is -2.52. The number of benzene rings is 2. The average Bonchev–Trinajstić information content (AvgIpc) is 3.67. The van der Waals surface area contributed by atoms with Gasteiger partial charge >= 0.3 is 5.69 Å². The van der Waals surface area contributed by atoms with Gasteiger partial charge in [-0.3, -0.25) is 24.0 Å². The van der Waals surface area contributed by atoms with Crippen LogP contribution in [-0.4, -0.2) is 25.8 Å². The highest BCUT2D eigenvalue weighted by atomic mass is 127. The first-order chi connectivity index (χ1) is 17.6. The van der Waals surface area contributed by atoms with Crippen LogP contribution in [0.25, 0.3) is 16.6 Å². The molecule has 1 N–H and O–H groups in total. The number of carbonyl (C=O) groups is 1. The highest BCUT2D eigenvalue weighted by Crippen LogP contribution is 2.33. The molecular weight excluding hydrogens is 592 g/mol. The van der Waals surface area contributed by atoms with Gasteiger partial charge in [0.2, 0.25) is 5.91 Å². The van der Waals surface area contributed by atoms with Crippen LogP contribution in [0.4, 0.5) is 15.8 Å². The zero-order chi connectivity index (χ0) is 26.6. The van der Waals surface area contributed by atoms with Gasteiger partial charge < -0.3 is 9.88 Å². The summed E-state index contributed by atoms with van der Waals surface area (Å²) in [5.41, 5.74) is -0.508. The van der Waals surface area contributed by atoms with Crippen molar-refractivity contribution < 1.29 is 9.18 Å². The van der Waals surface area contributed by atoms with Crippen LogP contribution in [0.5, 0.6) is 0 Å². The summed E-state index contributed by atoms with van der Waals surface area (Å²) in [5, 5.41) is 4.23. The standard InChI is InChI=1S/C26H23FIN5O4/c1-14-23-20(13-30(3)24(14)35)25(36)33(32(18-8-9-18)22-10-7-16(28)11-21(22)27)26(37)31(23)19-6-4-5-17(12-19)29-15(2)34/h4-7,10-13,18H,8-9H2,1-3H3,(H,29,34). The molecule has 2 aromatic carbocycles. The van der Waals surface area contributed by atoms with Crippen molar-refractivity contribution in [3.8, 4) is 5.69 Å². The van der Waals surface area contributed by atoms with Crippen LogP contribution >= 0.6 is 22.6 Å². The van der Waals surface area contributed by atoms with E-state index in [9.17, 15) is 19.2 Å². The number of aryl methyl sites for hydroxylation is 2. The molecule has 1 saturated carbocycles. The van der Waals surface area contributed by atoms with Gasteiger partial charge in [-0.15, -0.1) is 0 Å². The molecule has 2 aromatic heterocycles. The number of nitrogens with zero attached hydrogens (tertiary/aromatic N) is 4. The van der Waals surface area contributed by atoms with Crippen molar-refractivity contribution in [1.82, 2.24) is 13.8 Å². The van der Waals surface area contributed by atoms with E-state index in [1.54, 1.807) is 43.3 Å². The number of aromatic nitrogens is 3. The van der Waals surface area contributed by atoms with Crippen molar-refractivity contribution in [3.05, 3.63) is 94.8 Å². The first-order valence-corrected chi connectivity index (χ1v) is 12.7. The number of anilines is 2. The van der Waals surface area contributed by atoms with Gasteiger partial charge in [0.1, 0.15) is 5.82 Å². The van der Waals surface area contributed by atoms with Gasteiger partial charge in [-0.25, -0.2) is 9.18 Å². The largest absolute Gasteiger partial charge is 0.355 e. The number of hydrogen-bond acceptors (Lipinski definition) is 5. The van der Waals surface area contributed by atoms with E-state index >= 15 is 4.39 Å². The van der Waals surface area contributed by atoms with Crippen molar-refractivity contribution in [2.75, 3.05) is 10.3 Å². The molecule has 0 radical (unpaired) electrons. The highest BCUT2D eigenvalue weighted by molar-refractivity contribution is 14.1. The zero-order valence-electron chi connectivity index (χ0n) is 20.3. The van der Waals surface area contributed by atoms with Crippen molar-refractivity contribution in [2.45, 2.75) is 32.7 Å². The Morgan fingerprint density at radius 1 is 1.11 bits per heavy atom. The molecule has 0 saturated heterocycles. The molecule has 37 heavy (non-hydrogen) atoms. The Hall–Kier alpha value is -3.74. The number of halogens is 2. The molecule has 0 atom stereocenters. The second-order valence-electron chi connectivity index (χ2n) is 9.07. The molecule has 11 heteroatoms. The van der Waals surface area contributed by atoms with Gasteiger partial charge in [0.15, 0.2) is 0 Å². The molecule has 0 bridgehead atoms. The lowest BCUT2D eigenvalue weighted by atomic mass is 10.2. The molecule has 0 spiro atoms. The Morgan fingerprint density at radius 3 is 2.49 bits per heavy atom. The predicted octanol–water partition coefficient (Wildman–Crippen LogP) is 3.29. The van der Waals surface area contributed by atoms with Gasteiger partial charge in [-0.1, -0.05) is 6.07 Å². The van der Waals surface area contributed by atoms with Gasteiger partial charge in [0, 0.05) is 35.0 Å². The fraction of sp³-hybridized carbons (Fsp3) is 0.231. The minimum absolute atomic E-state index is 0.113. The Morgan fingerprint density at radius 2 is 1.84 bits per heavy atom. The molecule has 190 valence electrons. The Labute approximate surface area is 223 Å². The minimum atomic E-state index is -0.751. The number of rotatable bonds is 5. The minimum Gasteiger partial charge on any atom is -0.326 e. The van der Waals surface area contributed by atoms with Crippen molar-refractivity contribution in [3.63, 3.8) is 0 Å². The highest BCUT2D eigenvalue weighted by Gasteiger charge is 2.35. The lowest BCUT2D eigenvalue weighted by molar-refractivity contribution is -0.114. The monoisotopic (exact) mass is 615 g/mol. The van der Waals surface area contributed by atoms with Crippen LogP contribution in [0.2, 0.25) is 0 Å². The molecule has 1 fully saturated rings. The normalized spacial score (nSPS) is 13.1. The molecule has 9 nitrogen and oxygen atoms in total. The number of hydrogen-bond donors (Lipinski definition) is 1. The van der Waals surface area contributed by atoms with Crippen molar-refractivity contribution >= 4 is 50.8 Å². The molecular formula is C26H23FIN5O4. The second kappa shape index (κ2) is 9.29. The van der Waals surface area contributed by atoms with Crippen LogP contribution < -0.4 is 27.1 Å². The SMILES string of the molecule is CC(=O)Nc1cccc(-n2c(=O)n(N(c3ccc(I)cc3F)C3CC3)c(=O)c3cn(C)c(=O)c(C)c32)c1. The summed E-state index contributed by atoms with van der Waals surface area (Å²) in [5.74, 6) is -0.848. The topological polar surface area (TPSA) is 98.3 Å². The number of nitrogens with one attached hydrogen (secondary N) is 1. The number of pyridine rings is 1. The van der Waals surface area contributed by atoms with E-state index in [0.717, 1.165) is 4.68 Å². The van der Waals surface area contributed by atoms with Crippen molar-refractivity contribution in [2.24, 2.45) is 7.05 Å². The maximum absolute atomic E-state index is 15.2. The quantitative estimate of drug-likeness (QED) is 0.348. The maximum Gasteiger partial charge on any atom is 0.355 e. The molecule has 0 unspecified atom stereocenters. The smallest absolute Gasteiger partial charge is 0.326 e. The summed E-state index contributed by atoms with van der Waals surface area (Å²) < 4.78 is 19.4. The van der Waals surface area contributed by atoms with Crippen LogP contribution in [0.15, 0.2) is 63.0 Å². The summed E-state index contributed by atoms with van der Waals surface area (Å²) >= 11 is 2.00. The molecule has 4 aromatic rings. The van der Waals surface area contributed by atoms with Gasteiger partial charge in [-0.05, 0) is 78.8 Å². The number of carbonyl (C=O) groups excluding carboxylic acids is 1. The number of amides is 1. The summed E-state index contributed by atoms with van der Waals surface area (Å²) in [6.45, 7) is 2.92. The first kappa shape index (κ1) is 24.9. The summed E-state index contributed by atoms with van der Waals surface area (Å²) in [6.07, 6.45) is 2.76. The fourth-order valence-electron chi connectivity index (χ4n) is 4.53. The van der Waals surface area contributed by atoms with E-state index in [1.807, 2.05) is 22.6 Å². The van der Waals surface area contributed by atoms with Crippen LogP contribution in [0.1, 0.15) is 25.3 Å². The first-order valence-electron chi connectivity index (χ1n) is 11.6. The van der Waals surface area contributed by atoms with Gasteiger partial charge in [0.05, 0.1) is 28.3 Å². The van der Waals surface area contributed by atoms with Crippen LogP contribution in [0, 0.1) is 16.3 Å². The van der Waals surface area contributed by atoms with E-state index < -0.39 is 17.1 Å². The Bertz CT molecular complexity index is 1770. The predicted molar refractivity (Wildman–Crippen MR) is 148 cm³/mol. The third-order valence-corrected chi connectivity index (χ3v) is 6.95. The molecule has 1 aliphatic carbocycles. The summed E-state index contributed by atoms with van der Waals surface area (Å²) in [4.78, 5) is 52.6. The van der Waals surface area contributed by atoms with E-state index in [0.29, 0.717) is 27.8 Å². The third kappa shape index (κ3) is 4.37. The van der Waals surface area contributed by atoms with E-state index in [1.165, 1.54) is 40.4 Å².